The van der Waals surface area contributed by atoms with Crippen molar-refractivity contribution in [3.63, 3.8) is 0 Å². The quantitative estimate of drug-likeness (QED) is 0.579. The molecule has 0 bridgehead atoms. The lowest BCUT2D eigenvalue weighted by Crippen LogP contribution is -1.97. The summed E-state index contributed by atoms with van der Waals surface area (Å²) in [5, 5.41) is 2.05. The zero-order chi connectivity index (χ0) is 13.0. The fraction of sp³-hybridized carbons (Fsp3) is 0.312. The minimum Gasteiger partial charge on any atom is -0.494 e. The minimum absolute atomic E-state index is 0.0892. The zero-order valence-electron chi connectivity index (χ0n) is 10.9. The van der Waals surface area contributed by atoms with Crippen LogP contribution in [0.3, 0.4) is 0 Å². The van der Waals surface area contributed by atoms with Crippen LogP contribution in [0.25, 0.3) is 10.8 Å². The van der Waals surface area contributed by atoms with Crippen molar-refractivity contribution in [2.45, 2.75) is 26.7 Å². The van der Waals surface area contributed by atoms with Crippen molar-refractivity contribution in [1.82, 2.24) is 0 Å². The van der Waals surface area contributed by atoms with E-state index < -0.39 is 0 Å². The monoisotopic (exact) mass is 242 g/mol. The SMILES string of the molecule is CCCCOc1ccc2cccc(C(C)=O)c2c1. The number of carbonyl (C=O) groups excluding carboxylic acids is 1. The van der Waals surface area contributed by atoms with Crippen molar-refractivity contribution in [3.8, 4) is 5.75 Å². The third kappa shape index (κ3) is 2.70. The van der Waals surface area contributed by atoms with Crippen LogP contribution in [0.15, 0.2) is 36.4 Å². The van der Waals surface area contributed by atoms with Gasteiger partial charge in [0.25, 0.3) is 0 Å². The van der Waals surface area contributed by atoms with Gasteiger partial charge in [0.05, 0.1) is 6.61 Å². The van der Waals surface area contributed by atoms with Crippen LogP contribution in [-0.2, 0) is 0 Å². The first-order valence-electron chi connectivity index (χ1n) is 6.39. The largest absolute Gasteiger partial charge is 0.494 e. The average molecular weight is 242 g/mol. The number of rotatable bonds is 5. The van der Waals surface area contributed by atoms with Gasteiger partial charge in [-0.3, -0.25) is 4.79 Å². The second-order valence-electron chi connectivity index (χ2n) is 4.45. The van der Waals surface area contributed by atoms with E-state index in [1.54, 1.807) is 6.92 Å². The molecule has 0 aliphatic heterocycles. The van der Waals surface area contributed by atoms with Gasteiger partial charge in [0.15, 0.2) is 5.78 Å². The lowest BCUT2D eigenvalue weighted by molar-refractivity contribution is 0.101. The third-order valence-corrected chi connectivity index (χ3v) is 3.00. The predicted octanol–water partition coefficient (Wildman–Crippen LogP) is 4.22. The highest BCUT2D eigenvalue weighted by atomic mass is 16.5. The molecule has 0 radical (unpaired) electrons. The van der Waals surface area contributed by atoms with E-state index in [4.69, 9.17) is 4.74 Å². The Morgan fingerprint density at radius 2 is 2.06 bits per heavy atom. The standard InChI is InChI=1S/C16H18O2/c1-3-4-10-18-14-9-8-13-6-5-7-15(12(2)17)16(13)11-14/h5-9,11H,3-4,10H2,1-2H3. The maximum absolute atomic E-state index is 11.6. The summed E-state index contributed by atoms with van der Waals surface area (Å²) < 4.78 is 5.68. The van der Waals surface area contributed by atoms with Gasteiger partial charge in [-0.25, -0.2) is 0 Å². The van der Waals surface area contributed by atoms with Crippen LogP contribution in [0.2, 0.25) is 0 Å². The molecule has 0 aromatic heterocycles. The van der Waals surface area contributed by atoms with E-state index >= 15 is 0 Å². The van der Waals surface area contributed by atoms with Crippen LogP contribution in [0.5, 0.6) is 5.75 Å². The molecule has 0 aliphatic rings. The molecular formula is C16H18O2. The highest BCUT2D eigenvalue weighted by Gasteiger charge is 2.06. The number of ether oxygens (including phenoxy) is 1. The van der Waals surface area contributed by atoms with Gasteiger partial charge >= 0.3 is 0 Å². The molecule has 94 valence electrons. The second-order valence-corrected chi connectivity index (χ2v) is 4.45. The molecule has 0 saturated carbocycles. The van der Waals surface area contributed by atoms with Crippen LogP contribution < -0.4 is 4.74 Å². The first-order valence-corrected chi connectivity index (χ1v) is 6.39. The van der Waals surface area contributed by atoms with Crippen LogP contribution in [0.4, 0.5) is 0 Å². The van der Waals surface area contributed by atoms with Gasteiger partial charge < -0.3 is 4.74 Å². The minimum atomic E-state index is 0.0892. The fourth-order valence-electron chi connectivity index (χ4n) is 1.98. The number of fused-ring (bicyclic) bond motifs is 1. The van der Waals surface area contributed by atoms with Crippen LogP contribution in [0, 0.1) is 0 Å². The van der Waals surface area contributed by atoms with E-state index in [0.717, 1.165) is 41.5 Å². The van der Waals surface area contributed by atoms with E-state index in [0.29, 0.717) is 0 Å². The van der Waals surface area contributed by atoms with Gasteiger partial charge in [-0.1, -0.05) is 37.6 Å². The topological polar surface area (TPSA) is 26.3 Å². The summed E-state index contributed by atoms with van der Waals surface area (Å²) in [6.07, 6.45) is 2.17. The molecule has 18 heavy (non-hydrogen) atoms. The van der Waals surface area contributed by atoms with Gasteiger partial charge in [-0.05, 0) is 36.2 Å². The summed E-state index contributed by atoms with van der Waals surface area (Å²) >= 11 is 0. The van der Waals surface area contributed by atoms with E-state index in [1.807, 2.05) is 36.4 Å². The van der Waals surface area contributed by atoms with Crippen molar-refractivity contribution in [3.05, 3.63) is 42.0 Å². The van der Waals surface area contributed by atoms with Crippen molar-refractivity contribution in [1.29, 1.82) is 0 Å². The zero-order valence-corrected chi connectivity index (χ0v) is 10.9. The van der Waals surface area contributed by atoms with E-state index in [-0.39, 0.29) is 5.78 Å². The highest BCUT2D eigenvalue weighted by Crippen LogP contribution is 2.24. The van der Waals surface area contributed by atoms with E-state index in [1.165, 1.54) is 0 Å². The van der Waals surface area contributed by atoms with Crippen molar-refractivity contribution >= 4 is 16.6 Å². The Bertz CT molecular complexity index is 558. The summed E-state index contributed by atoms with van der Waals surface area (Å²) in [6, 6.07) is 11.7. The molecule has 2 heteroatoms. The van der Waals surface area contributed by atoms with Crippen molar-refractivity contribution in [2.75, 3.05) is 6.61 Å². The van der Waals surface area contributed by atoms with Gasteiger partial charge in [0, 0.05) is 5.56 Å². The van der Waals surface area contributed by atoms with Crippen LogP contribution in [0.1, 0.15) is 37.0 Å². The smallest absolute Gasteiger partial charge is 0.160 e. The highest BCUT2D eigenvalue weighted by molar-refractivity contribution is 6.07. The fourth-order valence-corrected chi connectivity index (χ4v) is 1.98. The van der Waals surface area contributed by atoms with Gasteiger partial charge in [0.1, 0.15) is 5.75 Å². The molecule has 2 rings (SSSR count). The number of carbonyl (C=O) groups is 1. The molecule has 0 unspecified atom stereocenters. The van der Waals surface area contributed by atoms with Gasteiger partial charge in [0.2, 0.25) is 0 Å². The Morgan fingerprint density at radius 3 is 2.78 bits per heavy atom. The lowest BCUT2D eigenvalue weighted by Gasteiger charge is -2.08. The number of hydrogen-bond donors (Lipinski definition) is 0. The molecule has 0 saturated heterocycles. The number of benzene rings is 2. The summed E-state index contributed by atoms with van der Waals surface area (Å²) in [5.74, 6) is 0.927. The van der Waals surface area contributed by atoms with Crippen molar-refractivity contribution < 1.29 is 9.53 Å². The van der Waals surface area contributed by atoms with Crippen molar-refractivity contribution in [2.24, 2.45) is 0 Å². The first kappa shape index (κ1) is 12.6. The molecule has 0 aliphatic carbocycles. The number of hydrogen-bond acceptors (Lipinski definition) is 2. The Hall–Kier alpha value is -1.83. The molecular weight excluding hydrogens is 224 g/mol. The molecule has 0 N–H and O–H groups in total. The maximum atomic E-state index is 11.6. The molecule has 0 heterocycles. The summed E-state index contributed by atoms with van der Waals surface area (Å²) in [6.45, 7) is 4.46. The molecule has 2 nitrogen and oxygen atoms in total. The van der Waals surface area contributed by atoms with Gasteiger partial charge in [-0.2, -0.15) is 0 Å². The molecule has 0 atom stereocenters. The first-order chi connectivity index (χ1) is 8.72. The third-order valence-electron chi connectivity index (χ3n) is 3.00. The Kier molecular flexibility index (Phi) is 3.98. The normalized spacial score (nSPS) is 10.6. The summed E-state index contributed by atoms with van der Waals surface area (Å²) in [4.78, 5) is 11.6. The Balaban J connectivity index is 2.36. The number of ketones is 1. The summed E-state index contributed by atoms with van der Waals surface area (Å²) in [5.41, 5.74) is 0.758. The molecule has 2 aromatic carbocycles. The Labute approximate surface area is 108 Å². The molecule has 2 aromatic rings. The molecule has 0 spiro atoms. The van der Waals surface area contributed by atoms with E-state index in [9.17, 15) is 4.79 Å². The average Bonchev–Trinajstić information content (AvgIpc) is 2.38. The van der Waals surface area contributed by atoms with Crippen LogP contribution in [-0.4, -0.2) is 12.4 Å². The maximum Gasteiger partial charge on any atom is 0.160 e. The molecule has 0 fully saturated rings. The number of unbranched alkanes of at least 4 members (excludes halogenated alkanes) is 1. The Morgan fingerprint density at radius 1 is 1.22 bits per heavy atom. The van der Waals surface area contributed by atoms with Crippen LogP contribution >= 0.6 is 0 Å². The van der Waals surface area contributed by atoms with E-state index in [2.05, 4.69) is 6.92 Å². The second kappa shape index (κ2) is 5.67. The number of Topliss-reactive ketones (excluding diaryl/α,β-unsaturated/α-hetero) is 1. The summed E-state index contributed by atoms with van der Waals surface area (Å²) in [7, 11) is 0. The lowest BCUT2D eigenvalue weighted by atomic mass is 10.0. The molecule has 0 amide bonds. The van der Waals surface area contributed by atoms with Gasteiger partial charge in [-0.15, -0.1) is 0 Å². The predicted molar refractivity (Wildman–Crippen MR) is 74.4 cm³/mol.